The van der Waals surface area contributed by atoms with E-state index in [0.29, 0.717) is 6.61 Å². The van der Waals surface area contributed by atoms with Crippen LogP contribution in [0.5, 0.6) is 0 Å². The third-order valence-electron chi connectivity index (χ3n) is 4.10. The second-order valence-corrected chi connectivity index (χ2v) is 4.98. The van der Waals surface area contributed by atoms with E-state index >= 15 is 0 Å². The molecule has 2 heterocycles. The quantitative estimate of drug-likeness (QED) is 0.658. The number of aliphatic hydroxyl groups is 1. The Hall–Kier alpha value is -0.120. The van der Waals surface area contributed by atoms with Gasteiger partial charge in [0.05, 0.1) is 0 Å². The van der Waals surface area contributed by atoms with Crippen molar-refractivity contribution >= 4 is 0 Å². The molecule has 2 aliphatic heterocycles. The molecule has 0 aromatic rings. The van der Waals surface area contributed by atoms with E-state index in [-0.39, 0.29) is 0 Å². The van der Waals surface area contributed by atoms with E-state index in [1.165, 1.54) is 32.6 Å². The predicted molar refractivity (Wildman–Crippen MR) is 61.8 cm³/mol. The molecular formula is C12H24N2O. The molecule has 3 nitrogen and oxygen atoms in total. The van der Waals surface area contributed by atoms with Crippen molar-refractivity contribution in [2.45, 2.75) is 32.2 Å². The zero-order chi connectivity index (χ0) is 10.7. The molecule has 0 aromatic heterocycles. The minimum absolute atomic E-state index is 0.346. The van der Waals surface area contributed by atoms with Crippen molar-refractivity contribution in [3.63, 3.8) is 0 Å². The van der Waals surface area contributed by atoms with E-state index in [2.05, 4.69) is 17.1 Å². The van der Waals surface area contributed by atoms with Gasteiger partial charge in [-0.25, -0.2) is 0 Å². The van der Waals surface area contributed by atoms with E-state index in [1.54, 1.807) is 0 Å². The van der Waals surface area contributed by atoms with Crippen molar-refractivity contribution < 1.29 is 5.11 Å². The van der Waals surface area contributed by atoms with Gasteiger partial charge in [0, 0.05) is 19.2 Å². The monoisotopic (exact) mass is 212 g/mol. The summed E-state index contributed by atoms with van der Waals surface area (Å²) in [6.07, 6.45) is 3.39. The minimum atomic E-state index is 0.346. The van der Waals surface area contributed by atoms with E-state index in [9.17, 15) is 0 Å². The van der Waals surface area contributed by atoms with Crippen LogP contribution >= 0.6 is 0 Å². The van der Waals surface area contributed by atoms with Crippen LogP contribution < -0.4 is 5.32 Å². The van der Waals surface area contributed by atoms with Gasteiger partial charge in [0.25, 0.3) is 0 Å². The van der Waals surface area contributed by atoms with E-state index < -0.39 is 0 Å². The summed E-state index contributed by atoms with van der Waals surface area (Å²) in [6.45, 7) is 7.56. The summed E-state index contributed by atoms with van der Waals surface area (Å²) in [5.74, 6) is 1.79. The number of nitrogens with zero attached hydrogens (tertiary/aromatic N) is 1. The summed E-state index contributed by atoms with van der Waals surface area (Å²) in [6, 6.07) is 0.795. The molecule has 88 valence electrons. The highest BCUT2D eigenvalue weighted by atomic mass is 16.2. The van der Waals surface area contributed by atoms with Gasteiger partial charge < -0.3 is 10.4 Å². The lowest BCUT2D eigenvalue weighted by molar-refractivity contribution is 0.204. The molecule has 0 saturated carbocycles. The van der Waals surface area contributed by atoms with Crippen LogP contribution in [0.4, 0.5) is 0 Å². The fourth-order valence-corrected chi connectivity index (χ4v) is 3.36. The fraction of sp³-hybridized carbons (Fsp3) is 1.00. The molecule has 2 fully saturated rings. The van der Waals surface area contributed by atoms with Crippen LogP contribution in [0.3, 0.4) is 0 Å². The summed E-state index contributed by atoms with van der Waals surface area (Å²) in [4.78, 5) is 2.66. The van der Waals surface area contributed by atoms with Crippen molar-refractivity contribution in [1.29, 1.82) is 0 Å². The Kier molecular flexibility index (Phi) is 4.00. The molecule has 0 aliphatic carbocycles. The maximum absolute atomic E-state index is 8.80. The average molecular weight is 212 g/mol. The molecule has 15 heavy (non-hydrogen) atoms. The van der Waals surface area contributed by atoms with E-state index in [1.807, 2.05) is 0 Å². The molecule has 3 unspecified atom stereocenters. The minimum Gasteiger partial charge on any atom is -0.396 e. The van der Waals surface area contributed by atoms with Crippen molar-refractivity contribution in [2.24, 2.45) is 11.8 Å². The first-order chi connectivity index (χ1) is 7.36. The van der Waals surface area contributed by atoms with Gasteiger partial charge in [0.2, 0.25) is 0 Å². The second-order valence-electron chi connectivity index (χ2n) is 4.98. The van der Waals surface area contributed by atoms with Crippen LogP contribution in [0.25, 0.3) is 0 Å². The lowest BCUT2D eigenvalue weighted by Gasteiger charge is -2.26. The van der Waals surface area contributed by atoms with Crippen molar-refractivity contribution in [2.75, 3.05) is 32.8 Å². The molecule has 2 N–H and O–H groups in total. The normalized spacial score (nSPS) is 36.0. The summed E-state index contributed by atoms with van der Waals surface area (Å²) < 4.78 is 0. The largest absolute Gasteiger partial charge is 0.396 e. The molecule has 2 saturated heterocycles. The van der Waals surface area contributed by atoms with Gasteiger partial charge in [-0.05, 0) is 50.7 Å². The highest BCUT2D eigenvalue weighted by molar-refractivity contribution is 4.97. The number of rotatable bonds is 5. The molecule has 3 atom stereocenters. The molecule has 0 bridgehead atoms. The number of hydrogen-bond donors (Lipinski definition) is 2. The SMILES string of the molecule is CCC1C2CNCC2CN1CCCCO. The molecule has 3 heteroatoms. The second kappa shape index (κ2) is 5.28. The third kappa shape index (κ3) is 2.35. The van der Waals surface area contributed by atoms with Gasteiger partial charge in [0.15, 0.2) is 0 Å². The summed E-state index contributed by atoms with van der Waals surface area (Å²) >= 11 is 0. The highest BCUT2D eigenvalue weighted by Crippen LogP contribution is 2.34. The third-order valence-corrected chi connectivity index (χ3v) is 4.10. The topological polar surface area (TPSA) is 35.5 Å². The van der Waals surface area contributed by atoms with Gasteiger partial charge >= 0.3 is 0 Å². The molecule has 2 aliphatic rings. The standard InChI is InChI=1S/C12H24N2O/c1-2-12-11-8-13-7-10(11)9-14(12)5-3-4-6-15/h10-13,15H,2-9H2,1H3. The van der Waals surface area contributed by atoms with Crippen LogP contribution in [0.15, 0.2) is 0 Å². The van der Waals surface area contributed by atoms with Crippen molar-refractivity contribution in [1.82, 2.24) is 10.2 Å². The first-order valence-electron chi connectivity index (χ1n) is 6.42. The Morgan fingerprint density at radius 2 is 2.20 bits per heavy atom. The summed E-state index contributed by atoms with van der Waals surface area (Å²) in [5.41, 5.74) is 0. The Balaban J connectivity index is 1.84. The van der Waals surface area contributed by atoms with Gasteiger partial charge in [-0.2, -0.15) is 0 Å². The number of unbranched alkanes of at least 4 members (excludes halogenated alkanes) is 1. The van der Waals surface area contributed by atoms with Crippen molar-refractivity contribution in [3.05, 3.63) is 0 Å². The fourth-order valence-electron chi connectivity index (χ4n) is 3.36. The lowest BCUT2D eigenvalue weighted by atomic mass is 9.93. The van der Waals surface area contributed by atoms with Gasteiger partial charge in [-0.3, -0.25) is 4.90 Å². The Morgan fingerprint density at radius 1 is 1.33 bits per heavy atom. The molecule has 0 amide bonds. The first-order valence-corrected chi connectivity index (χ1v) is 6.42. The summed E-state index contributed by atoms with van der Waals surface area (Å²) in [5, 5.41) is 12.3. The van der Waals surface area contributed by atoms with Gasteiger partial charge in [-0.15, -0.1) is 0 Å². The van der Waals surface area contributed by atoms with E-state index in [4.69, 9.17) is 5.11 Å². The van der Waals surface area contributed by atoms with Gasteiger partial charge in [0.1, 0.15) is 0 Å². The lowest BCUT2D eigenvalue weighted by Crippen LogP contribution is -2.35. The zero-order valence-corrected chi connectivity index (χ0v) is 9.78. The Labute approximate surface area is 92.8 Å². The molecule has 2 rings (SSSR count). The molecule has 0 spiro atoms. The van der Waals surface area contributed by atoms with Crippen LogP contribution in [0.1, 0.15) is 26.2 Å². The van der Waals surface area contributed by atoms with Crippen LogP contribution in [0.2, 0.25) is 0 Å². The maximum atomic E-state index is 8.80. The molecule has 0 radical (unpaired) electrons. The van der Waals surface area contributed by atoms with E-state index in [0.717, 1.165) is 30.7 Å². The number of fused-ring (bicyclic) bond motifs is 1. The number of aliphatic hydroxyl groups excluding tert-OH is 1. The maximum Gasteiger partial charge on any atom is 0.0431 e. The Bertz CT molecular complexity index is 198. The van der Waals surface area contributed by atoms with Crippen LogP contribution in [-0.2, 0) is 0 Å². The Morgan fingerprint density at radius 3 is 2.93 bits per heavy atom. The van der Waals surface area contributed by atoms with Crippen LogP contribution in [-0.4, -0.2) is 48.8 Å². The highest BCUT2D eigenvalue weighted by Gasteiger charge is 2.42. The van der Waals surface area contributed by atoms with Gasteiger partial charge in [-0.1, -0.05) is 6.92 Å². The smallest absolute Gasteiger partial charge is 0.0431 e. The number of nitrogens with one attached hydrogen (secondary N) is 1. The average Bonchev–Trinajstić information content (AvgIpc) is 2.77. The zero-order valence-electron chi connectivity index (χ0n) is 9.78. The molecule has 0 aromatic carbocycles. The summed E-state index contributed by atoms with van der Waals surface area (Å²) in [7, 11) is 0. The van der Waals surface area contributed by atoms with Crippen LogP contribution in [0, 0.1) is 11.8 Å². The number of likely N-dealkylation sites (tertiary alicyclic amines) is 1. The number of hydrogen-bond acceptors (Lipinski definition) is 3. The predicted octanol–water partition coefficient (Wildman–Crippen LogP) is 0.689. The van der Waals surface area contributed by atoms with Crippen molar-refractivity contribution in [3.8, 4) is 0 Å². The first kappa shape index (κ1) is 11.4. The molecular weight excluding hydrogens is 188 g/mol.